The van der Waals surface area contributed by atoms with E-state index < -0.39 is 33.2 Å². The molecule has 23 heavy (non-hydrogen) atoms. The largest absolute Gasteiger partial charge is 0.339 e. The maximum Gasteiger partial charge on any atom is 0.239 e. The molecule has 1 fully saturated rings. The van der Waals surface area contributed by atoms with Gasteiger partial charge in [0.2, 0.25) is 11.8 Å². The second-order valence-corrected chi connectivity index (χ2v) is 7.94. The van der Waals surface area contributed by atoms with E-state index in [2.05, 4.69) is 5.32 Å². The van der Waals surface area contributed by atoms with Gasteiger partial charge in [-0.2, -0.15) is 0 Å². The Morgan fingerprint density at radius 2 is 1.87 bits per heavy atom. The number of nitrogens with one attached hydrogen (secondary N) is 1. The third-order valence-electron chi connectivity index (χ3n) is 3.88. The lowest BCUT2D eigenvalue weighted by Crippen LogP contribution is -2.45. The summed E-state index contributed by atoms with van der Waals surface area (Å²) in [6, 6.07) is 8.68. The van der Waals surface area contributed by atoms with Crippen LogP contribution in [0.4, 0.5) is 5.69 Å². The highest BCUT2D eigenvalue weighted by atomic mass is 32.2. The highest BCUT2D eigenvalue weighted by Crippen LogP contribution is 2.17. The molecule has 2 rings (SSSR count). The second-order valence-electron chi connectivity index (χ2n) is 5.88. The quantitative estimate of drug-likeness (QED) is 0.880. The van der Waals surface area contributed by atoms with Gasteiger partial charge in [0.25, 0.3) is 0 Å². The van der Waals surface area contributed by atoms with E-state index >= 15 is 0 Å². The molecule has 0 bridgehead atoms. The van der Waals surface area contributed by atoms with Gasteiger partial charge in [0.05, 0.1) is 0 Å². The number of para-hydroxylation sites is 1. The maximum atomic E-state index is 12.2. The highest BCUT2D eigenvalue weighted by Gasteiger charge is 2.28. The van der Waals surface area contributed by atoms with E-state index in [0.29, 0.717) is 12.2 Å². The first-order chi connectivity index (χ1) is 10.9. The molecule has 1 heterocycles. The summed E-state index contributed by atoms with van der Waals surface area (Å²) in [6.07, 6.45) is 2.84. The molecule has 1 aromatic rings. The third kappa shape index (κ3) is 5.35. The van der Waals surface area contributed by atoms with Crippen LogP contribution < -0.4 is 5.32 Å². The van der Waals surface area contributed by atoms with Gasteiger partial charge < -0.3 is 10.2 Å². The highest BCUT2D eigenvalue weighted by molar-refractivity contribution is 7.92. The number of hydrogen-bond acceptors (Lipinski definition) is 4. The predicted octanol–water partition coefficient (Wildman–Crippen LogP) is 1.44. The van der Waals surface area contributed by atoms with Crippen LogP contribution in [-0.2, 0) is 19.4 Å². The zero-order valence-corrected chi connectivity index (χ0v) is 14.0. The second kappa shape index (κ2) is 7.59. The van der Waals surface area contributed by atoms with E-state index in [1.54, 1.807) is 35.2 Å². The molecule has 0 spiro atoms. The van der Waals surface area contributed by atoms with Crippen LogP contribution in [0.15, 0.2) is 30.3 Å². The topological polar surface area (TPSA) is 83.6 Å². The van der Waals surface area contributed by atoms with E-state index in [1.807, 2.05) is 6.92 Å². The molecule has 1 unspecified atom stereocenters. The van der Waals surface area contributed by atoms with E-state index in [1.165, 1.54) is 0 Å². The fourth-order valence-electron chi connectivity index (χ4n) is 2.71. The monoisotopic (exact) mass is 338 g/mol. The van der Waals surface area contributed by atoms with Crippen LogP contribution in [0.25, 0.3) is 0 Å². The molecular weight excluding hydrogens is 316 g/mol. The lowest BCUT2D eigenvalue weighted by Gasteiger charge is -2.33. The van der Waals surface area contributed by atoms with Gasteiger partial charge in [0.15, 0.2) is 9.84 Å². The van der Waals surface area contributed by atoms with Gasteiger partial charge in [-0.1, -0.05) is 18.2 Å². The van der Waals surface area contributed by atoms with Crippen molar-refractivity contribution < 1.29 is 18.0 Å². The Hall–Kier alpha value is -1.89. The zero-order valence-electron chi connectivity index (χ0n) is 13.2. The number of sulfone groups is 1. The van der Waals surface area contributed by atoms with Crippen LogP contribution in [0.5, 0.6) is 0 Å². The number of carbonyl (C=O) groups excluding carboxylic acids is 2. The number of carbonyl (C=O) groups is 2. The third-order valence-corrected chi connectivity index (χ3v) is 5.26. The number of likely N-dealkylation sites (tertiary alicyclic amines) is 1. The maximum absolute atomic E-state index is 12.2. The summed E-state index contributed by atoms with van der Waals surface area (Å²) in [4.78, 5) is 25.6. The molecule has 0 saturated carbocycles. The number of anilines is 1. The van der Waals surface area contributed by atoms with Gasteiger partial charge in [-0.05, 0) is 38.3 Å². The summed E-state index contributed by atoms with van der Waals surface area (Å²) in [6.45, 7) is 2.51. The summed E-state index contributed by atoms with van der Waals surface area (Å²) in [5.41, 5.74) is 0.531. The van der Waals surface area contributed by atoms with Gasteiger partial charge in [0.1, 0.15) is 11.5 Å². The van der Waals surface area contributed by atoms with E-state index in [0.717, 1.165) is 19.3 Å². The molecule has 1 aliphatic rings. The molecule has 126 valence electrons. The fraction of sp³-hybridized carbons (Fsp3) is 0.500. The van der Waals surface area contributed by atoms with E-state index in [4.69, 9.17) is 0 Å². The van der Waals surface area contributed by atoms with E-state index in [-0.39, 0.29) is 6.04 Å². The average Bonchev–Trinajstić information content (AvgIpc) is 2.47. The normalized spacial score (nSPS) is 18.5. The number of benzene rings is 1. The molecule has 6 nitrogen and oxygen atoms in total. The van der Waals surface area contributed by atoms with Crippen molar-refractivity contribution in [3.05, 3.63) is 30.3 Å². The zero-order chi connectivity index (χ0) is 16.9. The van der Waals surface area contributed by atoms with Crippen molar-refractivity contribution in [3.8, 4) is 0 Å². The van der Waals surface area contributed by atoms with Crippen LogP contribution in [-0.4, -0.2) is 49.2 Å². The first-order valence-corrected chi connectivity index (χ1v) is 9.54. The molecule has 1 aliphatic heterocycles. The lowest BCUT2D eigenvalue weighted by molar-refractivity contribution is -0.131. The summed E-state index contributed by atoms with van der Waals surface area (Å²) >= 11 is 0. The number of amides is 2. The van der Waals surface area contributed by atoms with Gasteiger partial charge in [-0.15, -0.1) is 0 Å². The number of hydrogen-bond donors (Lipinski definition) is 1. The molecule has 2 amide bonds. The van der Waals surface area contributed by atoms with Gasteiger partial charge in [0, 0.05) is 18.3 Å². The SMILES string of the molecule is CC1CCCCN1C(=O)CS(=O)(=O)CC(=O)Nc1ccccc1. The molecule has 0 radical (unpaired) electrons. The number of piperidine rings is 1. The molecule has 1 saturated heterocycles. The fourth-order valence-corrected chi connectivity index (χ4v) is 3.82. The van der Waals surface area contributed by atoms with Gasteiger partial charge in [-0.25, -0.2) is 8.42 Å². The Morgan fingerprint density at radius 3 is 2.52 bits per heavy atom. The van der Waals surface area contributed by atoms with Crippen molar-refractivity contribution in [1.82, 2.24) is 4.90 Å². The van der Waals surface area contributed by atoms with Crippen LogP contribution in [0.3, 0.4) is 0 Å². The lowest BCUT2D eigenvalue weighted by atomic mass is 10.0. The molecule has 1 atom stereocenters. The first kappa shape index (κ1) is 17.5. The smallest absolute Gasteiger partial charge is 0.239 e. The molecule has 7 heteroatoms. The van der Waals surface area contributed by atoms with Gasteiger partial charge >= 0.3 is 0 Å². The van der Waals surface area contributed by atoms with Crippen LogP contribution in [0.1, 0.15) is 26.2 Å². The summed E-state index contributed by atoms with van der Waals surface area (Å²) < 4.78 is 24.2. The molecule has 0 aromatic heterocycles. The summed E-state index contributed by atoms with van der Waals surface area (Å²) in [5, 5.41) is 2.52. The van der Waals surface area contributed by atoms with Crippen LogP contribution >= 0.6 is 0 Å². The van der Waals surface area contributed by atoms with E-state index in [9.17, 15) is 18.0 Å². The Kier molecular flexibility index (Phi) is 5.76. The van der Waals surface area contributed by atoms with Crippen LogP contribution in [0.2, 0.25) is 0 Å². The number of nitrogens with zero attached hydrogens (tertiary/aromatic N) is 1. The van der Waals surface area contributed by atoms with Crippen LogP contribution in [0, 0.1) is 0 Å². The van der Waals surface area contributed by atoms with Crippen molar-refractivity contribution in [2.45, 2.75) is 32.2 Å². The standard InChI is InChI=1S/C16H22N2O4S/c1-13-7-5-6-10-18(13)16(20)12-23(21,22)11-15(19)17-14-8-3-2-4-9-14/h2-4,8-9,13H,5-7,10-12H2,1H3,(H,17,19). The van der Waals surface area contributed by atoms with Crippen molar-refractivity contribution in [2.24, 2.45) is 0 Å². The van der Waals surface area contributed by atoms with Crippen molar-refractivity contribution in [1.29, 1.82) is 0 Å². The summed E-state index contributed by atoms with van der Waals surface area (Å²) in [5.74, 6) is -2.34. The number of rotatable bonds is 5. The Morgan fingerprint density at radius 1 is 1.17 bits per heavy atom. The Labute approximate surface area is 136 Å². The minimum atomic E-state index is -3.78. The molecule has 1 N–H and O–H groups in total. The van der Waals surface area contributed by atoms with Crippen molar-refractivity contribution in [2.75, 3.05) is 23.4 Å². The van der Waals surface area contributed by atoms with Gasteiger partial charge in [-0.3, -0.25) is 9.59 Å². The molecule has 0 aliphatic carbocycles. The average molecular weight is 338 g/mol. The van der Waals surface area contributed by atoms with Crippen molar-refractivity contribution in [3.63, 3.8) is 0 Å². The molecular formula is C16H22N2O4S. The summed E-state index contributed by atoms with van der Waals surface area (Å²) in [7, 11) is -3.78. The Bertz CT molecular complexity index is 658. The predicted molar refractivity (Wildman–Crippen MR) is 88.8 cm³/mol. The molecule has 1 aromatic carbocycles. The first-order valence-electron chi connectivity index (χ1n) is 7.72. The Balaban J connectivity index is 1.90. The minimum Gasteiger partial charge on any atom is -0.339 e. The van der Waals surface area contributed by atoms with Crippen molar-refractivity contribution >= 4 is 27.3 Å². The minimum absolute atomic E-state index is 0.0598.